The Labute approximate surface area is 156 Å². The van der Waals surface area contributed by atoms with Crippen molar-refractivity contribution in [3.63, 3.8) is 0 Å². The molecule has 2 heterocycles. The van der Waals surface area contributed by atoms with Crippen molar-refractivity contribution in [2.24, 2.45) is 0 Å². The van der Waals surface area contributed by atoms with Crippen molar-refractivity contribution >= 4 is 34.6 Å². The highest BCUT2D eigenvalue weighted by molar-refractivity contribution is 7.07. The molecular weight excluding hydrogens is 352 g/mol. The fourth-order valence-corrected chi connectivity index (χ4v) is 3.38. The number of nitrogens with zero attached hydrogens (tertiary/aromatic N) is 1. The van der Waals surface area contributed by atoms with Crippen molar-refractivity contribution in [1.29, 1.82) is 0 Å². The van der Waals surface area contributed by atoms with E-state index in [9.17, 15) is 9.59 Å². The molecule has 1 amide bonds. The van der Waals surface area contributed by atoms with Crippen molar-refractivity contribution in [3.8, 4) is 0 Å². The number of hydrogen-bond donors (Lipinski definition) is 1. The lowest BCUT2D eigenvalue weighted by Crippen LogP contribution is -2.36. The first kappa shape index (κ1) is 18.4. The van der Waals surface area contributed by atoms with Crippen LogP contribution in [0, 0.1) is 0 Å². The molecule has 2 aromatic rings. The molecule has 3 rings (SSSR count). The summed E-state index contributed by atoms with van der Waals surface area (Å²) in [6.07, 6.45) is 0.908. The van der Waals surface area contributed by atoms with Crippen LogP contribution in [0.15, 0.2) is 41.1 Å². The topological polar surface area (TPSA) is 67.9 Å². The molecule has 1 aliphatic heterocycles. The third kappa shape index (κ3) is 5.57. The summed E-state index contributed by atoms with van der Waals surface area (Å²) in [5.74, 6) is -0.706. The Balaban J connectivity index is 1.39. The maximum Gasteiger partial charge on any atom is 0.306 e. The fraction of sp³-hybridized carbons (Fsp3) is 0.368. The van der Waals surface area contributed by atoms with E-state index < -0.39 is 0 Å². The molecule has 0 radical (unpaired) electrons. The monoisotopic (exact) mass is 374 g/mol. The third-order valence-corrected chi connectivity index (χ3v) is 4.82. The largest absolute Gasteiger partial charge is 0.456 e. The average Bonchev–Trinajstić information content (AvgIpc) is 3.20. The van der Waals surface area contributed by atoms with Crippen molar-refractivity contribution in [2.45, 2.75) is 12.8 Å². The summed E-state index contributed by atoms with van der Waals surface area (Å²) in [6.45, 7) is 2.93. The Morgan fingerprint density at radius 2 is 1.92 bits per heavy atom. The molecule has 7 heteroatoms. The molecule has 1 N–H and O–H groups in total. The highest BCUT2D eigenvalue weighted by Crippen LogP contribution is 2.19. The predicted octanol–water partition coefficient (Wildman–Crippen LogP) is 2.70. The van der Waals surface area contributed by atoms with Gasteiger partial charge in [0.15, 0.2) is 6.61 Å². The number of rotatable bonds is 7. The first-order valence-electron chi connectivity index (χ1n) is 8.60. The van der Waals surface area contributed by atoms with Gasteiger partial charge in [-0.15, -0.1) is 0 Å². The number of anilines is 2. The van der Waals surface area contributed by atoms with E-state index >= 15 is 0 Å². The Kier molecular flexibility index (Phi) is 6.62. The normalized spacial score (nSPS) is 14.1. The van der Waals surface area contributed by atoms with Gasteiger partial charge >= 0.3 is 5.97 Å². The Hall–Kier alpha value is -2.38. The number of hydrogen-bond acceptors (Lipinski definition) is 6. The molecule has 1 aromatic carbocycles. The summed E-state index contributed by atoms with van der Waals surface area (Å²) in [5.41, 5.74) is 2.89. The number of thiophene rings is 1. The molecule has 1 saturated heterocycles. The number of morpholine rings is 1. The van der Waals surface area contributed by atoms with Crippen LogP contribution in [0.5, 0.6) is 0 Å². The lowest BCUT2D eigenvalue weighted by molar-refractivity contribution is -0.147. The van der Waals surface area contributed by atoms with E-state index in [1.54, 1.807) is 11.3 Å². The van der Waals surface area contributed by atoms with Gasteiger partial charge in [0.05, 0.1) is 13.2 Å². The van der Waals surface area contributed by atoms with Crippen molar-refractivity contribution in [2.75, 3.05) is 43.1 Å². The highest BCUT2D eigenvalue weighted by Gasteiger charge is 2.12. The summed E-state index contributed by atoms with van der Waals surface area (Å²) in [6, 6.07) is 9.61. The van der Waals surface area contributed by atoms with Crippen LogP contribution >= 0.6 is 11.3 Å². The lowest BCUT2D eigenvalue weighted by atomic mass is 10.2. The molecule has 1 aliphatic rings. The molecule has 0 bridgehead atoms. The van der Waals surface area contributed by atoms with E-state index in [2.05, 4.69) is 10.2 Å². The molecule has 6 nitrogen and oxygen atoms in total. The number of nitrogens with one attached hydrogen (secondary N) is 1. The van der Waals surface area contributed by atoms with Crippen LogP contribution in [0.1, 0.15) is 12.0 Å². The van der Waals surface area contributed by atoms with Gasteiger partial charge in [-0.3, -0.25) is 9.59 Å². The van der Waals surface area contributed by atoms with Crippen LogP contribution in [-0.4, -0.2) is 44.8 Å². The van der Waals surface area contributed by atoms with Crippen LogP contribution in [0.25, 0.3) is 0 Å². The Morgan fingerprint density at radius 3 is 2.62 bits per heavy atom. The van der Waals surface area contributed by atoms with Gasteiger partial charge in [-0.25, -0.2) is 0 Å². The van der Waals surface area contributed by atoms with Crippen LogP contribution in [0.2, 0.25) is 0 Å². The van der Waals surface area contributed by atoms with Crippen LogP contribution < -0.4 is 10.2 Å². The maximum absolute atomic E-state index is 11.9. The number of carbonyl (C=O) groups is 2. The molecule has 1 aromatic heterocycles. The van der Waals surface area contributed by atoms with Crippen LogP contribution in [0.4, 0.5) is 11.4 Å². The minimum Gasteiger partial charge on any atom is -0.456 e. The fourth-order valence-electron chi connectivity index (χ4n) is 2.67. The third-order valence-electron chi connectivity index (χ3n) is 4.09. The highest BCUT2D eigenvalue weighted by atomic mass is 32.1. The molecular formula is C19H22N2O4S. The zero-order chi connectivity index (χ0) is 18.2. The molecule has 0 spiro atoms. The zero-order valence-corrected chi connectivity index (χ0v) is 15.3. The van der Waals surface area contributed by atoms with Gasteiger partial charge in [-0.1, -0.05) is 0 Å². The zero-order valence-electron chi connectivity index (χ0n) is 14.5. The van der Waals surface area contributed by atoms with Gasteiger partial charge in [0.2, 0.25) is 0 Å². The van der Waals surface area contributed by atoms with E-state index in [4.69, 9.17) is 9.47 Å². The second kappa shape index (κ2) is 9.35. The van der Waals surface area contributed by atoms with Gasteiger partial charge in [-0.2, -0.15) is 11.3 Å². The second-order valence-corrected chi connectivity index (χ2v) is 6.77. The molecule has 0 unspecified atom stereocenters. The number of aryl methyl sites for hydroxylation is 1. The summed E-state index contributed by atoms with van der Waals surface area (Å²) in [7, 11) is 0. The number of carbonyl (C=O) groups excluding carboxylic acids is 2. The van der Waals surface area contributed by atoms with Gasteiger partial charge in [-0.05, 0) is 53.1 Å². The van der Waals surface area contributed by atoms with E-state index in [1.165, 1.54) is 0 Å². The summed E-state index contributed by atoms with van der Waals surface area (Å²) < 4.78 is 10.4. The second-order valence-electron chi connectivity index (χ2n) is 5.99. The standard InChI is InChI=1S/C19H22N2O4S/c22-18(13-25-19(23)6-1-15-7-12-26-14-15)20-16-2-4-17(5-3-16)21-8-10-24-11-9-21/h2-5,7,12,14H,1,6,8-11,13H2,(H,20,22). The van der Waals surface area contributed by atoms with E-state index in [0.717, 1.165) is 37.6 Å². The molecule has 1 fully saturated rings. The van der Waals surface area contributed by atoms with Gasteiger partial charge in [0, 0.05) is 30.9 Å². The lowest BCUT2D eigenvalue weighted by Gasteiger charge is -2.28. The predicted molar refractivity (Wildman–Crippen MR) is 102 cm³/mol. The van der Waals surface area contributed by atoms with Crippen molar-refractivity contribution in [1.82, 2.24) is 0 Å². The van der Waals surface area contributed by atoms with Gasteiger partial charge < -0.3 is 19.7 Å². The smallest absolute Gasteiger partial charge is 0.306 e. The number of benzene rings is 1. The van der Waals surface area contributed by atoms with Gasteiger partial charge in [0.25, 0.3) is 5.91 Å². The number of esters is 1. The first-order chi connectivity index (χ1) is 12.7. The Bertz CT molecular complexity index is 710. The molecule has 0 saturated carbocycles. The first-order valence-corrected chi connectivity index (χ1v) is 9.54. The SMILES string of the molecule is O=C(COC(=O)CCc1ccsc1)Nc1ccc(N2CCOCC2)cc1. The minimum atomic E-state index is -0.367. The molecule has 26 heavy (non-hydrogen) atoms. The van der Waals surface area contributed by atoms with E-state index in [0.29, 0.717) is 12.1 Å². The minimum absolute atomic E-state index is 0.270. The van der Waals surface area contributed by atoms with Gasteiger partial charge in [0.1, 0.15) is 0 Å². The quantitative estimate of drug-likeness (QED) is 0.755. The summed E-state index contributed by atoms with van der Waals surface area (Å²) >= 11 is 1.60. The average molecular weight is 374 g/mol. The molecule has 0 aliphatic carbocycles. The maximum atomic E-state index is 11.9. The summed E-state index contributed by atoms with van der Waals surface area (Å²) in [5, 5.41) is 6.71. The number of amides is 1. The van der Waals surface area contributed by atoms with E-state index in [-0.39, 0.29) is 24.9 Å². The molecule has 0 atom stereocenters. The number of ether oxygens (including phenoxy) is 2. The van der Waals surface area contributed by atoms with E-state index in [1.807, 2.05) is 41.1 Å². The Morgan fingerprint density at radius 1 is 1.15 bits per heavy atom. The van der Waals surface area contributed by atoms with Crippen LogP contribution in [-0.2, 0) is 25.5 Å². The van der Waals surface area contributed by atoms with Crippen molar-refractivity contribution < 1.29 is 19.1 Å². The summed E-state index contributed by atoms with van der Waals surface area (Å²) in [4.78, 5) is 25.9. The molecule has 138 valence electrons. The van der Waals surface area contributed by atoms with Crippen LogP contribution in [0.3, 0.4) is 0 Å². The van der Waals surface area contributed by atoms with Crippen molar-refractivity contribution in [3.05, 3.63) is 46.7 Å².